The lowest BCUT2D eigenvalue weighted by Crippen LogP contribution is -2.06. The molecule has 1 rings (SSSR count). The normalized spacial score (nSPS) is 26.4. The Morgan fingerprint density at radius 1 is 2.00 bits per heavy atom. The standard InChI is InChI=1S/C5H7NOS/c1-4(7)5-6-2-3-8-5/h2,5H,3H2,1H3. The van der Waals surface area contributed by atoms with Crippen LogP contribution in [0.1, 0.15) is 6.92 Å². The van der Waals surface area contributed by atoms with Crippen LogP contribution >= 0.6 is 11.8 Å². The minimum absolute atomic E-state index is 0.0880. The highest BCUT2D eigenvalue weighted by Gasteiger charge is 2.14. The molecule has 0 amide bonds. The first kappa shape index (κ1) is 5.82. The Morgan fingerprint density at radius 3 is 3.00 bits per heavy atom. The van der Waals surface area contributed by atoms with E-state index in [-0.39, 0.29) is 11.2 Å². The Bertz CT molecular complexity index is 132. The van der Waals surface area contributed by atoms with E-state index in [1.165, 1.54) is 0 Å². The molecule has 44 valence electrons. The largest absolute Gasteiger partial charge is 0.297 e. The maximum atomic E-state index is 10.5. The average Bonchev–Trinajstić information content (AvgIpc) is 2.12. The summed E-state index contributed by atoms with van der Waals surface area (Å²) in [4.78, 5) is 14.4. The molecule has 2 nitrogen and oxygen atoms in total. The number of aliphatic imine (C=N–C) groups is 1. The highest BCUT2D eigenvalue weighted by molar-refractivity contribution is 8.01. The van der Waals surface area contributed by atoms with Crippen molar-refractivity contribution in [1.82, 2.24) is 0 Å². The number of thioether (sulfide) groups is 1. The molecule has 0 aromatic heterocycles. The molecule has 0 radical (unpaired) electrons. The van der Waals surface area contributed by atoms with E-state index in [4.69, 9.17) is 0 Å². The van der Waals surface area contributed by atoms with Gasteiger partial charge in [-0.1, -0.05) is 0 Å². The number of Topliss-reactive ketones (excluding diaryl/α,β-unsaturated/α-hetero) is 1. The molecule has 1 aliphatic rings. The van der Waals surface area contributed by atoms with Crippen molar-refractivity contribution in [3.8, 4) is 0 Å². The molecular formula is C5H7NOS. The van der Waals surface area contributed by atoms with E-state index < -0.39 is 0 Å². The minimum atomic E-state index is -0.0880. The summed E-state index contributed by atoms with van der Waals surface area (Å²) in [6, 6.07) is 0. The molecule has 8 heavy (non-hydrogen) atoms. The number of ketones is 1. The van der Waals surface area contributed by atoms with Crippen LogP contribution < -0.4 is 0 Å². The lowest BCUT2D eigenvalue weighted by Gasteiger charge is -1.96. The van der Waals surface area contributed by atoms with Crippen LogP contribution in [0.15, 0.2) is 4.99 Å². The minimum Gasteiger partial charge on any atom is -0.297 e. The van der Waals surface area contributed by atoms with E-state index in [1.807, 2.05) is 0 Å². The maximum absolute atomic E-state index is 10.5. The summed E-state index contributed by atoms with van der Waals surface area (Å²) in [6.45, 7) is 1.57. The molecule has 0 aromatic rings. The van der Waals surface area contributed by atoms with Gasteiger partial charge in [0.25, 0.3) is 0 Å². The quantitative estimate of drug-likeness (QED) is 0.522. The molecule has 1 aliphatic heterocycles. The first-order chi connectivity index (χ1) is 3.80. The fraction of sp³-hybridized carbons (Fsp3) is 0.600. The second kappa shape index (κ2) is 2.31. The van der Waals surface area contributed by atoms with Gasteiger partial charge in [0, 0.05) is 12.0 Å². The van der Waals surface area contributed by atoms with Gasteiger partial charge in [0.1, 0.15) is 0 Å². The molecule has 1 atom stereocenters. The fourth-order valence-corrected chi connectivity index (χ4v) is 1.30. The summed E-state index contributed by atoms with van der Waals surface area (Å²) in [5.74, 6) is 1.05. The van der Waals surface area contributed by atoms with E-state index >= 15 is 0 Å². The number of hydrogen-bond acceptors (Lipinski definition) is 3. The Morgan fingerprint density at radius 2 is 2.75 bits per heavy atom. The molecule has 0 saturated heterocycles. The van der Waals surface area contributed by atoms with Crippen LogP contribution in [0.25, 0.3) is 0 Å². The van der Waals surface area contributed by atoms with Crippen LogP contribution in [-0.2, 0) is 4.79 Å². The van der Waals surface area contributed by atoms with E-state index in [0.717, 1.165) is 5.75 Å². The van der Waals surface area contributed by atoms with Gasteiger partial charge >= 0.3 is 0 Å². The molecule has 0 fully saturated rings. The Labute approximate surface area is 52.4 Å². The number of carbonyl (C=O) groups is 1. The van der Waals surface area contributed by atoms with Gasteiger partial charge in [-0.3, -0.25) is 9.79 Å². The Balaban J connectivity index is 2.48. The third-order valence-electron chi connectivity index (χ3n) is 0.917. The summed E-state index contributed by atoms with van der Waals surface area (Å²) < 4.78 is 0. The van der Waals surface area contributed by atoms with Gasteiger partial charge in [0.05, 0.1) is 0 Å². The van der Waals surface area contributed by atoms with Crippen molar-refractivity contribution >= 4 is 23.8 Å². The topological polar surface area (TPSA) is 29.4 Å². The van der Waals surface area contributed by atoms with Crippen molar-refractivity contribution in [2.24, 2.45) is 4.99 Å². The molecule has 0 bridgehead atoms. The van der Waals surface area contributed by atoms with Crippen LogP contribution in [0.5, 0.6) is 0 Å². The van der Waals surface area contributed by atoms with Crippen LogP contribution in [0.2, 0.25) is 0 Å². The first-order valence-corrected chi connectivity index (χ1v) is 3.49. The smallest absolute Gasteiger partial charge is 0.164 e. The van der Waals surface area contributed by atoms with Gasteiger partial charge in [-0.25, -0.2) is 0 Å². The number of hydrogen-bond donors (Lipinski definition) is 0. The van der Waals surface area contributed by atoms with Crippen molar-refractivity contribution in [3.05, 3.63) is 0 Å². The lowest BCUT2D eigenvalue weighted by molar-refractivity contribution is -0.116. The van der Waals surface area contributed by atoms with Crippen molar-refractivity contribution in [1.29, 1.82) is 0 Å². The molecule has 0 N–H and O–H groups in total. The average molecular weight is 129 g/mol. The van der Waals surface area contributed by atoms with E-state index in [2.05, 4.69) is 4.99 Å². The van der Waals surface area contributed by atoms with Crippen molar-refractivity contribution in [3.63, 3.8) is 0 Å². The zero-order valence-electron chi connectivity index (χ0n) is 4.63. The molecule has 0 spiro atoms. The highest BCUT2D eigenvalue weighted by Crippen LogP contribution is 2.16. The third-order valence-corrected chi connectivity index (χ3v) is 2.03. The summed E-state index contributed by atoms with van der Waals surface area (Å²) in [5, 5.41) is -0.0880. The van der Waals surface area contributed by atoms with Gasteiger partial charge < -0.3 is 0 Å². The SMILES string of the molecule is CC(=O)C1N=CCS1. The Kier molecular flexibility index (Phi) is 1.68. The van der Waals surface area contributed by atoms with E-state index in [9.17, 15) is 4.79 Å². The number of carbonyl (C=O) groups excluding carboxylic acids is 1. The second-order valence-corrected chi connectivity index (χ2v) is 2.74. The van der Waals surface area contributed by atoms with Gasteiger partial charge in [0.2, 0.25) is 0 Å². The van der Waals surface area contributed by atoms with Gasteiger partial charge in [-0.15, -0.1) is 11.8 Å². The van der Waals surface area contributed by atoms with Crippen LogP contribution in [-0.4, -0.2) is 23.1 Å². The van der Waals surface area contributed by atoms with Gasteiger partial charge in [-0.2, -0.15) is 0 Å². The number of rotatable bonds is 1. The molecule has 1 heterocycles. The zero-order valence-corrected chi connectivity index (χ0v) is 5.44. The molecule has 1 unspecified atom stereocenters. The van der Waals surface area contributed by atoms with Gasteiger partial charge in [-0.05, 0) is 6.92 Å². The highest BCUT2D eigenvalue weighted by atomic mass is 32.2. The zero-order chi connectivity index (χ0) is 5.98. The fourth-order valence-electron chi connectivity index (χ4n) is 0.538. The second-order valence-electron chi connectivity index (χ2n) is 1.63. The first-order valence-electron chi connectivity index (χ1n) is 2.44. The molecule has 3 heteroatoms. The number of nitrogens with zero attached hydrogens (tertiary/aromatic N) is 1. The van der Waals surface area contributed by atoms with Crippen LogP contribution in [0, 0.1) is 0 Å². The lowest BCUT2D eigenvalue weighted by atomic mass is 10.4. The monoisotopic (exact) mass is 129 g/mol. The van der Waals surface area contributed by atoms with Crippen molar-refractivity contribution in [2.75, 3.05) is 5.75 Å². The molecule has 0 aliphatic carbocycles. The van der Waals surface area contributed by atoms with Crippen molar-refractivity contribution in [2.45, 2.75) is 12.3 Å². The predicted octanol–water partition coefficient (Wildman–Crippen LogP) is 0.719. The summed E-state index contributed by atoms with van der Waals surface area (Å²) in [6.07, 6.45) is 1.79. The molecular weight excluding hydrogens is 122 g/mol. The van der Waals surface area contributed by atoms with E-state index in [1.54, 1.807) is 24.9 Å². The molecule has 0 saturated carbocycles. The maximum Gasteiger partial charge on any atom is 0.164 e. The molecule has 0 aromatic carbocycles. The Hall–Kier alpha value is -0.310. The predicted molar refractivity (Wildman–Crippen MR) is 35.4 cm³/mol. The van der Waals surface area contributed by atoms with Gasteiger partial charge in [0.15, 0.2) is 11.2 Å². The summed E-state index contributed by atoms with van der Waals surface area (Å²) >= 11 is 1.58. The summed E-state index contributed by atoms with van der Waals surface area (Å²) in [7, 11) is 0. The van der Waals surface area contributed by atoms with Crippen LogP contribution in [0.3, 0.4) is 0 Å². The van der Waals surface area contributed by atoms with Crippen molar-refractivity contribution < 1.29 is 4.79 Å². The third kappa shape index (κ3) is 1.10. The van der Waals surface area contributed by atoms with Crippen LogP contribution in [0.4, 0.5) is 0 Å². The van der Waals surface area contributed by atoms with E-state index in [0.29, 0.717) is 0 Å². The summed E-state index contributed by atoms with van der Waals surface area (Å²) in [5.41, 5.74) is 0.